The molecule has 0 amide bonds. The van der Waals surface area contributed by atoms with E-state index >= 15 is 0 Å². The fourth-order valence-electron chi connectivity index (χ4n) is 5.95. The summed E-state index contributed by atoms with van der Waals surface area (Å²) in [6.07, 6.45) is 0. The molecule has 0 aliphatic heterocycles. The van der Waals surface area contributed by atoms with Gasteiger partial charge < -0.3 is 9.55 Å². The fourth-order valence-corrected chi connectivity index (χ4v) is 5.95. The maximum absolute atomic E-state index is 3.88. The van der Waals surface area contributed by atoms with Gasteiger partial charge in [-0.2, -0.15) is 0 Å². The first kappa shape index (κ1) is 19.5. The molecule has 8 rings (SSSR count). The highest BCUT2D eigenvalue weighted by Crippen LogP contribution is 2.43. The summed E-state index contributed by atoms with van der Waals surface area (Å²) in [5.74, 6) is 0. The predicted molar refractivity (Wildman–Crippen MR) is 153 cm³/mol. The van der Waals surface area contributed by atoms with Crippen molar-refractivity contribution in [2.45, 2.75) is 0 Å². The molecule has 8 aromatic rings. The summed E-state index contributed by atoms with van der Waals surface area (Å²) in [6, 6.07) is 45.8. The summed E-state index contributed by atoms with van der Waals surface area (Å²) < 4.78 is 2.44. The lowest BCUT2D eigenvalue weighted by atomic mass is 9.98. The van der Waals surface area contributed by atoms with E-state index in [9.17, 15) is 0 Å². The number of nitrogens with zero attached hydrogens (tertiary/aromatic N) is 1. The summed E-state index contributed by atoms with van der Waals surface area (Å²) in [6.45, 7) is 0. The molecule has 0 saturated heterocycles. The molecule has 168 valence electrons. The monoisotopic (exact) mass is 458 g/mol. The lowest BCUT2D eigenvalue weighted by Gasteiger charge is -2.11. The molecule has 0 bridgehead atoms. The number of hydrogen-bond donors (Lipinski definition) is 1. The van der Waals surface area contributed by atoms with E-state index in [1.54, 1.807) is 0 Å². The average molecular weight is 459 g/mol. The molecule has 2 nitrogen and oxygen atoms in total. The molecule has 2 heteroatoms. The Morgan fingerprint density at radius 3 is 1.81 bits per heavy atom. The van der Waals surface area contributed by atoms with Gasteiger partial charge in [0.15, 0.2) is 0 Å². The normalized spacial score (nSPS) is 11.9. The lowest BCUT2D eigenvalue weighted by molar-refractivity contribution is 1.19. The lowest BCUT2D eigenvalue weighted by Crippen LogP contribution is -1.94. The topological polar surface area (TPSA) is 20.7 Å². The molecular weight excluding hydrogens is 436 g/mol. The van der Waals surface area contributed by atoms with Gasteiger partial charge in [0.2, 0.25) is 0 Å². The van der Waals surface area contributed by atoms with Crippen LogP contribution in [0.2, 0.25) is 0 Å². The van der Waals surface area contributed by atoms with Crippen molar-refractivity contribution in [2.75, 3.05) is 0 Å². The van der Waals surface area contributed by atoms with E-state index in [0.717, 1.165) is 0 Å². The Bertz CT molecular complexity index is 2080. The summed E-state index contributed by atoms with van der Waals surface area (Å²) in [4.78, 5) is 3.88. The number of hydrogen-bond acceptors (Lipinski definition) is 0. The van der Waals surface area contributed by atoms with E-state index in [0.29, 0.717) is 0 Å². The van der Waals surface area contributed by atoms with Crippen LogP contribution in [0.15, 0.2) is 127 Å². The Hall–Kier alpha value is -4.82. The minimum Gasteiger partial charge on any atom is -0.352 e. The van der Waals surface area contributed by atoms with Gasteiger partial charge in [0.1, 0.15) is 0 Å². The number of benzene rings is 6. The zero-order valence-corrected chi connectivity index (χ0v) is 19.6. The van der Waals surface area contributed by atoms with Gasteiger partial charge in [0.25, 0.3) is 0 Å². The number of fused-ring (bicyclic) bond motifs is 10. The van der Waals surface area contributed by atoms with Crippen molar-refractivity contribution in [1.82, 2.24) is 9.55 Å². The van der Waals surface area contributed by atoms with Crippen LogP contribution in [0.1, 0.15) is 0 Å². The van der Waals surface area contributed by atoms with Crippen LogP contribution in [-0.4, -0.2) is 9.55 Å². The summed E-state index contributed by atoms with van der Waals surface area (Å²) >= 11 is 0. The van der Waals surface area contributed by atoms with Crippen molar-refractivity contribution in [3.63, 3.8) is 0 Å². The Morgan fingerprint density at radius 1 is 0.444 bits per heavy atom. The van der Waals surface area contributed by atoms with Gasteiger partial charge in [-0.25, -0.2) is 0 Å². The summed E-state index contributed by atoms with van der Waals surface area (Å²) in [7, 11) is 0. The molecule has 0 spiro atoms. The van der Waals surface area contributed by atoms with Crippen molar-refractivity contribution in [1.29, 1.82) is 0 Å². The Kier molecular flexibility index (Phi) is 3.97. The molecule has 0 saturated carbocycles. The van der Waals surface area contributed by atoms with Crippen molar-refractivity contribution in [3.8, 4) is 16.8 Å². The Balaban J connectivity index is 1.62. The van der Waals surface area contributed by atoms with Crippen LogP contribution in [0.25, 0.3) is 71.2 Å². The molecule has 0 atom stereocenters. The molecule has 2 aromatic heterocycles. The molecule has 0 aliphatic carbocycles. The molecule has 0 fully saturated rings. The quantitative estimate of drug-likeness (QED) is 0.249. The molecule has 2 heterocycles. The highest BCUT2D eigenvalue weighted by atomic mass is 15.0. The molecule has 0 radical (unpaired) electrons. The van der Waals surface area contributed by atoms with Crippen molar-refractivity contribution >= 4 is 54.4 Å². The van der Waals surface area contributed by atoms with E-state index in [4.69, 9.17) is 0 Å². The molecule has 0 unspecified atom stereocenters. The van der Waals surface area contributed by atoms with Gasteiger partial charge in [-0.15, -0.1) is 0 Å². The van der Waals surface area contributed by atoms with Crippen LogP contribution in [0, 0.1) is 0 Å². The second kappa shape index (κ2) is 7.34. The Morgan fingerprint density at radius 2 is 1.06 bits per heavy atom. The number of H-pyrrole nitrogens is 1. The third kappa shape index (κ3) is 2.61. The van der Waals surface area contributed by atoms with E-state index < -0.39 is 0 Å². The van der Waals surface area contributed by atoms with Gasteiger partial charge in [-0.3, -0.25) is 0 Å². The van der Waals surface area contributed by atoms with Crippen LogP contribution < -0.4 is 0 Å². The summed E-state index contributed by atoms with van der Waals surface area (Å²) in [5, 5.41) is 7.62. The van der Waals surface area contributed by atoms with Gasteiger partial charge in [0, 0.05) is 21.8 Å². The first-order chi connectivity index (χ1) is 17.9. The van der Waals surface area contributed by atoms with Crippen molar-refractivity contribution in [3.05, 3.63) is 127 Å². The zero-order valence-electron chi connectivity index (χ0n) is 19.6. The second-order valence-electron chi connectivity index (χ2n) is 9.46. The number of aromatic amines is 1. The minimum atomic E-state index is 1.17. The molecule has 36 heavy (non-hydrogen) atoms. The highest BCUT2D eigenvalue weighted by molar-refractivity contribution is 6.33. The minimum absolute atomic E-state index is 1.17. The van der Waals surface area contributed by atoms with Crippen LogP contribution in [0.5, 0.6) is 0 Å². The fraction of sp³-hybridized carbons (Fsp3) is 0. The number of aromatic nitrogens is 2. The molecular formula is C34H22N2. The van der Waals surface area contributed by atoms with Crippen LogP contribution in [-0.2, 0) is 0 Å². The number of nitrogens with one attached hydrogen (secondary N) is 1. The van der Waals surface area contributed by atoms with Gasteiger partial charge in [-0.05, 0) is 45.5 Å². The molecule has 1 N–H and O–H groups in total. The van der Waals surface area contributed by atoms with E-state index in [1.807, 2.05) is 0 Å². The molecule has 0 aliphatic rings. The van der Waals surface area contributed by atoms with E-state index in [2.05, 4.69) is 137 Å². The maximum atomic E-state index is 3.88. The largest absolute Gasteiger partial charge is 0.352 e. The maximum Gasteiger partial charge on any atom is 0.0804 e. The van der Waals surface area contributed by atoms with Crippen LogP contribution >= 0.6 is 0 Å². The van der Waals surface area contributed by atoms with Gasteiger partial charge in [-0.1, -0.05) is 109 Å². The van der Waals surface area contributed by atoms with E-state index in [-0.39, 0.29) is 0 Å². The van der Waals surface area contributed by atoms with Gasteiger partial charge in [0.05, 0.1) is 22.1 Å². The zero-order chi connectivity index (χ0) is 23.6. The first-order valence-electron chi connectivity index (χ1n) is 12.4. The van der Waals surface area contributed by atoms with E-state index in [1.165, 1.54) is 71.2 Å². The molecule has 6 aromatic carbocycles. The van der Waals surface area contributed by atoms with Crippen LogP contribution in [0.4, 0.5) is 0 Å². The smallest absolute Gasteiger partial charge is 0.0804 e. The highest BCUT2D eigenvalue weighted by Gasteiger charge is 2.21. The summed E-state index contributed by atoms with van der Waals surface area (Å²) in [5.41, 5.74) is 8.45. The predicted octanol–water partition coefficient (Wildman–Crippen LogP) is 9.24. The van der Waals surface area contributed by atoms with Crippen molar-refractivity contribution < 1.29 is 0 Å². The first-order valence-corrected chi connectivity index (χ1v) is 12.4. The third-order valence-corrected chi connectivity index (χ3v) is 7.51. The number of rotatable bonds is 2. The SMILES string of the molecule is c1ccc(-c2ccc3c4[nH]c5c6ccccc6c6ccccc6c5c4n(-c4ccccc4)c3c2)cc1. The number of para-hydroxylation sites is 1. The average Bonchev–Trinajstić information content (AvgIpc) is 3.49. The van der Waals surface area contributed by atoms with Crippen molar-refractivity contribution in [2.24, 2.45) is 0 Å². The third-order valence-electron chi connectivity index (χ3n) is 7.51. The Labute approximate surface area is 208 Å². The van der Waals surface area contributed by atoms with Crippen LogP contribution in [0.3, 0.4) is 0 Å². The second-order valence-corrected chi connectivity index (χ2v) is 9.46. The standard InChI is InChI=1S/C34H22N2/c1-3-11-22(12-4-1)23-19-20-29-30(21-23)36(24-13-5-2-6-14-24)34-31-27-17-9-7-15-25(27)26-16-8-10-18-28(26)32(31)35-33(29)34/h1-21,35H. The van der Waals surface area contributed by atoms with Gasteiger partial charge >= 0.3 is 0 Å².